The van der Waals surface area contributed by atoms with Crippen LogP contribution >= 0.6 is 0 Å². The Morgan fingerprint density at radius 1 is 1.48 bits per heavy atom. The minimum atomic E-state index is -0.474. The molecule has 0 bridgehead atoms. The number of carbonyl (C=O) groups is 1. The summed E-state index contributed by atoms with van der Waals surface area (Å²) in [6.07, 6.45) is 3.50. The van der Waals surface area contributed by atoms with Gasteiger partial charge in [0.2, 0.25) is 0 Å². The zero-order valence-corrected chi connectivity index (χ0v) is 15.7. The summed E-state index contributed by atoms with van der Waals surface area (Å²) in [4.78, 5) is 18.7. The van der Waals surface area contributed by atoms with Gasteiger partial charge in [0.05, 0.1) is 25.0 Å². The van der Waals surface area contributed by atoms with E-state index in [1.54, 1.807) is 4.90 Å². The van der Waals surface area contributed by atoms with E-state index in [0.717, 1.165) is 43.0 Å². The van der Waals surface area contributed by atoms with Crippen LogP contribution in [0.25, 0.3) is 0 Å². The molecule has 1 saturated heterocycles. The van der Waals surface area contributed by atoms with Gasteiger partial charge in [0.25, 0.3) is 0 Å². The summed E-state index contributed by atoms with van der Waals surface area (Å²) in [5.74, 6) is 0.536. The van der Waals surface area contributed by atoms with Crippen molar-refractivity contribution in [1.82, 2.24) is 9.88 Å². The van der Waals surface area contributed by atoms with Crippen LogP contribution in [0.3, 0.4) is 0 Å². The molecular formula is C19H29N3O3. The van der Waals surface area contributed by atoms with Gasteiger partial charge in [0, 0.05) is 37.2 Å². The Morgan fingerprint density at radius 2 is 2.28 bits per heavy atom. The summed E-state index contributed by atoms with van der Waals surface area (Å²) in [7, 11) is 0. The summed E-state index contributed by atoms with van der Waals surface area (Å²) >= 11 is 0. The summed E-state index contributed by atoms with van der Waals surface area (Å²) in [5, 5.41) is 3.54. The molecule has 138 valence electrons. The van der Waals surface area contributed by atoms with Crippen molar-refractivity contribution in [3.8, 4) is 0 Å². The molecule has 1 aromatic heterocycles. The molecule has 1 fully saturated rings. The number of fused-ring (bicyclic) bond motifs is 1. The van der Waals surface area contributed by atoms with E-state index < -0.39 is 5.60 Å². The van der Waals surface area contributed by atoms with E-state index in [1.807, 2.05) is 27.0 Å². The largest absolute Gasteiger partial charge is 0.444 e. The second-order valence-electron chi connectivity index (χ2n) is 8.04. The van der Waals surface area contributed by atoms with Crippen molar-refractivity contribution in [2.75, 3.05) is 25.1 Å². The quantitative estimate of drug-likeness (QED) is 0.909. The lowest BCUT2D eigenvalue weighted by Gasteiger charge is -2.31. The Balaban J connectivity index is 1.65. The normalized spacial score (nSPS) is 21.6. The number of carbonyl (C=O) groups excluding carboxylic acids is 1. The molecule has 0 spiro atoms. The van der Waals surface area contributed by atoms with Gasteiger partial charge in [-0.15, -0.1) is 0 Å². The highest BCUT2D eigenvalue weighted by Gasteiger charge is 2.27. The second kappa shape index (κ2) is 7.20. The fourth-order valence-electron chi connectivity index (χ4n) is 3.32. The lowest BCUT2D eigenvalue weighted by molar-refractivity contribution is 0.0223. The highest BCUT2D eigenvalue weighted by molar-refractivity contribution is 5.68. The predicted octanol–water partition coefficient (Wildman–Crippen LogP) is 3.21. The van der Waals surface area contributed by atoms with Crippen LogP contribution in [-0.2, 0) is 22.4 Å². The molecule has 1 amide bonds. The van der Waals surface area contributed by atoms with Crippen LogP contribution in [0.1, 0.15) is 45.4 Å². The van der Waals surface area contributed by atoms with Crippen molar-refractivity contribution in [3.05, 3.63) is 23.5 Å². The maximum absolute atomic E-state index is 12.3. The van der Waals surface area contributed by atoms with E-state index in [1.165, 1.54) is 0 Å². The van der Waals surface area contributed by atoms with Crippen LogP contribution in [0, 0.1) is 5.92 Å². The number of ether oxygens (including phenoxy) is 2. The topological polar surface area (TPSA) is 63.7 Å². The van der Waals surface area contributed by atoms with Crippen molar-refractivity contribution < 1.29 is 14.3 Å². The number of hydrogen-bond donors (Lipinski definition) is 1. The number of nitrogens with zero attached hydrogens (tertiary/aromatic N) is 2. The molecule has 25 heavy (non-hydrogen) atoms. The van der Waals surface area contributed by atoms with E-state index in [4.69, 9.17) is 9.47 Å². The fourth-order valence-corrected chi connectivity index (χ4v) is 3.32. The summed E-state index contributed by atoms with van der Waals surface area (Å²) in [6.45, 7) is 10.7. The summed E-state index contributed by atoms with van der Waals surface area (Å²) in [6, 6.07) is 2.46. The Morgan fingerprint density at radius 3 is 2.96 bits per heavy atom. The van der Waals surface area contributed by atoms with Crippen molar-refractivity contribution in [2.45, 2.75) is 58.7 Å². The fraction of sp³-hybridized carbons (Fsp3) is 0.684. The molecule has 6 nitrogen and oxygen atoms in total. The molecule has 3 heterocycles. The SMILES string of the molecule is CC(Nc1cnc2c(c1)CN(C(=O)OC(C)(C)C)CC2)C1CCOC1. The first-order valence-electron chi connectivity index (χ1n) is 9.12. The van der Waals surface area contributed by atoms with Crippen molar-refractivity contribution in [3.63, 3.8) is 0 Å². The van der Waals surface area contributed by atoms with Gasteiger partial charge in [0.1, 0.15) is 5.60 Å². The predicted molar refractivity (Wildman–Crippen MR) is 96.6 cm³/mol. The monoisotopic (exact) mass is 347 g/mol. The number of amides is 1. The minimum Gasteiger partial charge on any atom is -0.444 e. The molecule has 0 aliphatic carbocycles. The highest BCUT2D eigenvalue weighted by Crippen LogP contribution is 2.24. The van der Waals surface area contributed by atoms with Crippen LogP contribution in [0.15, 0.2) is 12.3 Å². The molecule has 1 aromatic rings. The van der Waals surface area contributed by atoms with E-state index in [0.29, 0.717) is 25.0 Å². The van der Waals surface area contributed by atoms with Crippen LogP contribution in [0.2, 0.25) is 0 Å². The van der Waals surface area contributed by atoms with Gasteiger partial charge in [-0.05, 0) is 45.7 Å². The Kier molecular flexibility index (Phi) is 5.18. The third-order valence-electron chi connectivity index (χ3n) is 4.76. The number of aromatic nitrogens is 1. The molecule has 0 radical (unpaired) electrons. The third-order valence-corrected chi connectivity index (χ3v) is 4.76. The second-order valence-corrected chi connectivity index (χ2v) is 8.04. The Labute approximate surface area is 149 Å². The van der Waals surface area contributed by atoms with Gasteiger partial charge in [-0.3, -0.25) is 4.98 Å². The van der Waals surface area contributed by atoms with Crippen LogP contribution in [-0.4, -0.2) is 47.4 Å². The molecule has 2 unspecified atom stereocenters. The molecule has 2 aliphatic rings. The van der Waals surface area contributed by atoms with Crippen molar-refractivity contribution in [1.29, 1.82) is 0 Å². The molecule has 3 rings (SSSR count). The molecule has 2 atom stereocenters. The lowest BCUT2D eigenvalue weighted by atomic mass is 10.00. The molecule has 0 saturated carbocycles. The number of nitrogens with one attached hydrogen (secondary N) is 1. The number of anilines is 1. The zero-order chi connectivity index (χ0) is 18.0. The number of rotatable bonds is 3. The first-order valence-corrected chi connectivity index (χ1v) is 9.12. The summed E-state index contributed by atoms with van der Waals surface area (Å²) in [5.41, 5.74) is 2.70. The van der Waals surface area contributed by atoms with Gasteiger partial charge in [-0.2, -0.15) is 0 Å². The van der Waals surface area contributed by atoms with E-state index in [-0.39, 0.29) is 6.09 Å². The lowest BCUT2D eigenvalue weighted by Crippen LogP contribution is -2.40. The first kappa shape index (κ1) is 18.0. The molecule has 0 aromatic carbocycles. The van der Waals surface area contributed by atoms with E-state index >= 15 is 0 Å². The van der Waals surface area contributed by atoms with Gasteiger partial charge in [0.15, 0.2) is 0 Å². The molecule has 2 aliphatic heterocycles. The average Bonchev–Trinajstić information content (AvgIpc) is 3.07. The molecule has 1 N–H and O–H groups in total. The Bertz CT molecular complexity index is 621. The molecular weight excluding hydrogens is 318 g/mol. The van der Waals surface area contributed by atoms with E-state index in [2.05, 4.69) is 23.3 Å². The average molecular weight is 347 g/mol. The standard InChI is InChI=1S/C19H29N3O3/c1-13(14-6-8-24-12-14)21-16-9-15-11-22(7-5-17(15)20-10-16)18(23)25-19(2,3)4/h9-10,13-14,21H,5-8,11-12H2,1-4H3. The van der Waals surface area contributed by atoms with Gasteiger partial charge in [-0.25, -0.2) is 4.79 Å². The minimum absolute atomic E-state index is 0.256. The van der Waals surface area contributed by atoms with Crippen molar-refractivity contribution >= 4 is 11.8 Å². The molecule has 6 heteroatoms. The summed E-state index contributed by atoms with van der Waals surface area (Å²) < 4.78 is 11.0. The van der Waals surface area contributed by atoms with Crippen LogP contribution in [0.4, 0.5) is 10.5 Å². The highest BCUT2D eigenvalue weighted by atomic mass is 16.6. The van der Waals surface area contributed by atoms with Crippen molar-refractivity contribution in [2.24, 2.45) is 5.92 Å². The number of pyridine rings is 1. The first-order chi connectivity index (χ1) is 11.8. The third kappa shape index (κ3) is 4.63. The van der Waals surface area contributed by atoms with Crippen LogP contribution < -0.4 is 5.32 Å². The number of hydrogen-bond acceptors (Lipinski definition) is 5. The smallest absolute Gasteiger partial charge is 0.410 e. The van der Waals surface area contributed by atoms with Crippen LogP contribution in [0.5, 0.6) is 0 Å². The maximum atomic E-state index is 12.3. The van der Waals surface area contributed by atoms with Gasteiger partial charge >= 0.3 is 6.09 Å². The zero-order valence-electron chi connectivity index (χ0n) is 15.7. The van der Waals surface area contributed by atoms with E-state index in [9.17, 15) is 4.79 Å². The maximum Gasteiger partial charge on any atom is 0.410 e. The van der Waals surface area contributed by atoms with Gasteiger partial charge < -0.3 is 19.7 Å². The van der Waals surface area contributed by atoms with Gasteiger partial charge in [-0.1, -0.05) is 0 Å². The Hall–Kier alpha value is -1.82.